The van der Waals surface area contributed by atoms with Gasteiger partial charge in [0.15, 0.2) is 17.5 Å². The van der Waals surface area contributed by atoms with Crippen LogP contribution >= 0.6 is 0 Å². The number of carbonyl (C=O) groups is 1. The van der Waals surface area contributed by atoms with Crippen molar-refractivity contribution in [2.45, 2.75) is 51.1 Å². The van der Waals surface area contributed by atoms with Gasteiger partial charge in [-0.3, -0.25) is 4.79 Å². The van der Waals surface area contributed by atoms with Crippen molar-refractivity contribution in [3.63, 3.8) is 0 Å². The number of ether oxygens (including phenoxy) is 2. The Labute approximate surface area is 167 Å². The smallest absolute Gasteiger partial charge is 0.241 e. The van der Waals surface area contributed by atoms with Crippen molar-refractivity contribution >= 4 is 11.9 Å². The predicted molar refractivity (Wildman–Crippen MR) is 110 cm³/mol. The summed E-state index contributed by atoms with van der Waals surface area (Å²) in [6.07, 6.45) is 6.92. The molecule has 3 rings (SSSR count). The minimum Gasteiger partial charge on any atom is -0.490 e. The molecule has 1 fully saturated rings. The van der Waals surface area contributed by atoms with Gasteiger partial charge in [0.25, 0.3) is 0 Å². The van der Waals surface area contributed by atoms with E-state index in [0.29, 0.717) is 31.8 Å². The molecule has 0 aromatic heterocycles. The molecule has 0 unspecified atom stereocenters. The topological polar surface area (TPSA) is 75.2 Å². The van der Waals surface area contributed by atoms with E-state index in [9.17, 15) is 4.79 Å². The Balaban J connectivity index is 1.71. The van der Waals surface area contributed by atoms with Gasteiger partial charge in [-0.25, -0.2) is 4.99 Å². The first kappa shape index (κ1) is 20.3. The average molecular weight is 389 g/mol. The highest BCUT2D eigenvalue weighted by Crippen LogP contribution is 2.33. The number of aliphatic imine (C=N–C) groups is 1. The first-order valence-corrected chi connectivity index (χ1v) is 10.3. The number of likely N-dealkylation sites (N-methyl/N-ethyl adjacent to an activating group) is 1. The summed E-state index contributed by atoms with van der Waals surface area (Å²) in [5.74, 6) is 2.26. The van der Waals surface area contributed by atoms with Crippen LogP contribution in [0, 0.1) is 0 Å². The van der Waals surface area contributed by atoms with E-state index < -0.39 is 0 Å². The van der Waals surface area contributed by atoms with E-state index in [1.807, 2.05) is 18.2 Å². The second-order valence-electron chi connectivity index (χ2n) is 7.58. The van der Waals surface area contributed by atoms with E-state index in [2.05, 4.69) is 10.6 Å². The Kier molecular flexibility index (Phi) is 7.39. The summed E-state index contributed by atoms with van der Waals surface area (Å²) in [6.45, 7) is 2.00. The Morgan fingerprint density at radius 2 is 1.93 bits per heavy atom. The Bertz CT molecular complexity index is 684. The van der Waals surface area contributed by atoms with Crippen LogP contribution in [0.2, 0.25) is 0 Å². The van der Waals surface area contributed by atoms with Gasteiger partial charge in [-0.15, -0.1) is 0 Å². The van der Waals surface area contributed by atoms with E-state index >= 15 is 0 Å². The lowest BCUT2D eigenvalue weighted by atomic mass is 9.96. The summed E-state index contributed by atoms with van der Waals surface area (Å²) in [6, 6.07) is 6.32. The monoisotopic (exact) mass is 388 g/mol. The lowest BCUT2D eigenvalue weighted by Crippen LogP contribution is -2.47. The standard InChI is InChI=1S/C21H32N4O3/c1-25(2)19(26)15-23-21(24-17-9-4-3-5-10-17)22-14-16-8-6-11-18-20(16)28-13-7-12-27-18/h6,8,11,17H,3-5,7,9-10,12-15H2,1-2H3,(H2,22,23,24). The van der Waals surface area contributed by atoms with Gasteiger partial charge in [0.1, 0.15) is 0 Å². The van der Waals surface area contributed by atoms with Crippen molar-refractivity contribution < 1.29 is 14.3 Å². The summed E-state index contributed by atoms with van der Waals surface area (Å²) >= 11 is 0. The number of benzene rings is 1. The number of nitrogens with one attached hydrogen (secondary N) is 2. The molecule has 0 spiro atoms. The van der Waals surface area contributed by atoms with Crippen molar-refractivity contribution in [2.75, 3.05) is 33.9 Å². The zero-order chi connectivity index (χ0) is 19.8. The van der Waals surface area contributed by atoms with Crippen molar-refractivity contribution in [2.24, 2.45) is 4.99 Å². The van der Waals surface area contributed by atoms with Crippen LogP contribution in [0.15, 0.2) is 23.2 Å². The second-order valence-corrected chi connectivity index (χ2v) is 7.58. The zero-order valence-corrected chi connectivity index (χ0v) is 17.0. The largest absolute Gasteiger partial charge is 0.490 e. The zero-order valence-electron chi connectivity index (χ0n) is 17.0. The summed E-state index contributed by atoms with van der Waals surface area (Å²) in [7, 11) is 3.51. The third-order valence-electron chi connectivity index (χ3n) is 5.11. The molecule has 0 radical (unpaired) electrons. The van der Waals surface area contributed by atoms with Crippen LogP contribution in [-0.2, 0) is 11.3 Å². The molecule has 1 amide bonds. The summed E-state index contributed by atoms with van der Waals surface area (Å²) in [5.41, 5.74) is 0.989. The minimum absolute atomic E-state index is 0.0171. The van der Waals surface area contributed by atoms with E-state index in [0.717, 1.165) is 36.3 Å². The number of fused-ring (bicyclic) bond motifs is 1. The molecule has 0 atom stereocenters. The van der Waals surface area contributed by atoms with Crippen molar-refractivity contribution in [3.8, 4) is 11.5 Å². The van der Waals surface area contributed by atoms with Gasteiger partial charge in [-0.05, 0) is 18.9 Å². The highest BCUT2D eigenvalue weighted by atomic mass is 16.5. The molecule has 1 aromatic rings. The fraction of sp³-hybridized carbons (Fsp3) is 0.619. The van der Waals surface area contributed by atoms with E-state index in [1.165, 1.54) is 19.3 Å². The fourth-order valence-electron chi connectivity index (χ4n) is 3.45. The SMILES string of the molecule is CN(C)C(=O)CNC(=NCc1cccc2c1OCCCO2)NC1CCCCC1. The van der Waals surface area contributed by atoms with E-state index in [1.54, 1.807) is 19.0 Å². The number of guanidine groups is 1. The first-order valence-electron chi connectivity index (χ1n) is 10.3. The first-order chi connectivity index (χ1) is 13.6. The molecule has 1 aromatic carbocycles. The Morgan fingerprint density at radius 3 is 2.71 bits per heavy atom. The van der Waals surface area contributed by atoms with Gasteiger partial charge < -0.3 is 25.0 Å². The number of carbonyl (C=O) groups excluding carboxylic acids is 1. The van der Waals surface area contributed by atoms with E-state index in [-0.39, 0.29) is 12.5 Å². The molecule has 2 N–H and O–H groups in total. The minimum atomic E-state index is 0.0171. The number of rotatable bonds is 5. The molecular formula is C21H32N4O3. The lowest BCUT2D eigenvalue weighted by molar-refractivity contribution is -0.127. The second kappa shape index (κ2) is 10.2. The average Bonchev–Trinajstić information content (AvgIpc) is 2.96. The number of amides is 1. The number of para-hydroxylation sites is 1. The van der Waals surface area contributed by atoms with Crippen LogP contribution in [-0.4, -0.2) is 56.7 Å². The predicted octanol–water partition coefficient (Wildman–Crippen LogP) is 2.30. The number of nitrogens with zero attached hydrogens (tertiary/aromatic N) is 2. The van der Waals surface area contributed by atoms with Gasteiger partial charge in [0.05, 0.1) is 26.3 Å². The maximum atomic E-state index is 12.0. The van der Waals surface area contributed by atoms with Gasteiger partial charge in [0.2, 0.25) is 5.91 Å². The summed E-state index contributed by atoms with van der Waals surface area (Å²) < 4.78 is 11.7. The maximum Gasteiger partial charge on any atom is 0.241 e. The van der Waals surface area contributed by atoms with Crippen LogP contribution < -0.4 is 20.1 Å². The van der Waals surface area contributed by atoms with Crippen LogP contribution in [0.25, 0.3) is 0 Å². The molecule has 0 bridgehead atoms. The molecule has 2 aliphatic rings. The number of hydrogen-bond donors (Lipinski definition) is 2. The molecule has 1 saturated carbocycles. The van der Waals surface area contributed by atoms with Crippen LogP contribution in [0.5, 0.6) is 11.5 Å². The third-order valence-corrected chi connectivity index (χ3v) is 5.11. The lowest BCUT2D eigenvalue weighted by Gasteiger charge is -2.25. The Morgan fingerprint density at radius 1 is 1.14 bits per heavy atom. The van der Waals surface area contributed by atoms with Crippen LogP contribution in [0.1, 0.15) is 44.1 Å². The highest BCUT2D eigenvalue weighted by molar-refractivity contribution is 5.86. The third kappa shape index (κ3) is 5.78. The van der Waals surface area contributed by atoms with E-state index in [4.69, 9.17) is 14.5 Å². The molecule has 7 nitrogen and oxygen atoms in total. The molecule has 28 heavy (non-hydrogen) atoms. The molecule has 7 heteroatoms. The van der Waals surface area contributed by atoms with Crippen LogP contribution in [0.4, 0.5) is 0 Å². The quantitative estimate of drug-likeness (QED) is 0.598. The summed E-state index contributed by atoms with van der Waals surface area (Å²) in [5, 5.41) is 6.70. The molecule has 1 aliphatic heterocycles. The van der Waals surface area contributed by atoms with Gasteiger partial charge in [-0.2, -0.15) is 0 Å². The normalized spacial score (nSPS) is 17.6. The van der Waals surface area contributed by atoms with Gasteiger partial charge in [-0.1, -0.05) is 31.4 Å². The van der Waals surface area contributed by atoms with Crippen LogP contribution in [0.3, 0.4) is 0 Å². The van der Waals surface area contributed by atoms with Crippen molar-refractivity contribution in [1.82, 2.24) is 15.5 Å². The van der Waals surface area contributed by atoms with Crippen molar-refractivity contribution in [1.29, 1.82) is 0 Å². The van der Waals surface area contributed by atoms with Crippen molar-refractivity contribution in [3.05, 3.63) is 23.8 Å². The molecular weight excluding hydrogens is 356 g/mol. The molecule has 1 heterocycles. The summed E-state index contributed by atoms with van der Waals surface area (Å²) in [4.78, 5) is 18.3. The van der Waals surface area contributed by atoms with Gasteiger partial charge in [0, 0.05) is 32.1 Å². The Hall–Kier alpha value is -2.44. The maximum absolute atomic E-state index is 12.0. The molecule has 0 saturated heterocycles. The number of hydrogen-bond acceptors (Lipinski definition) is 4. The fourth-order valence-corrected chi connectivity index (χ4v) is 3.45. The van der Waals surface area contributed by atoms with Gasteiger partial charge >= 0.3 is 0 Å². The molecule has 1 aliphatic carbocycles. The highest BCUT2D eigenvalue weighted by Gasteiger charge is 2.17. The molecule has 154 valence electrons.